The van der Waals surface area contributed by atoms with Crippen LogP contribution in [0.15, 0.2) is 36.0 Å². The number of aromatic hydroxyl groups is 1. The molecule has 1 unspecified atom stereocenters. The molecule has 140 valence electrons. The van der Waals surface area contributed by atoms with Gasteiger partial charge < -0.3 is 14.4 Å². The van der Waals surface area contributed by atoms with Gasteiger partial charge in [-0.1, -0.05) is 17.8 Å². The maximum atomic E-state index is 10.2. The van der Waals surface area contributed by atoms with Crippen LogP contribution in [0.4, 0.5) is 0 Å². The van der Waals surface area contributed by atoms with Gasteiger partial charge in [-0.05, 0) is 37.6 Å². The number of hydrogen-bond donors (Lipinski definition) is 1. The van der Waals surface area contributed by atoms with Crippen molar-refractivity contribution in [2.45, 2.75) is 30.5 Å². The lowest BCUT2D eigenvalue weighted by atomic mass is 9.96. The lowest BCUT2D eigenvalue weighted by Crippen LogP contribution is -2.34. The van der Waals surface area contributed by atoms with E-state index in [1.165, 1.54) is 0 Å². The van der Waals surface area contributed by atoms with Crippen LogP contribution in [-0.4, -0.2) is 50.7 Å². The van der Waals surface area contributed by atoms with Gasteiger partial charge in [0.15, 0.2) is 5.16 Å². The summed E-state index contributed by atoms with van der Waals surface area (Å²) in [6.45, 7) is 6.39. The van der Waals surface area contributed by atoms with E-state index in [1.54, 1.807) is 31.0 Å². The summed E-state index contributed by atoms with van der Waals surface area (Å²) >= 11 is 1.65. The molecule has 6 nitrogen and oxygen atoms in total. The fraction of sp³-hybridized carbons (Fsp3) is 0.474. The lowest BCUT2D eigenvalue weighted by molar-refractivity contribution is 0.193. The molecular weight excluding hydrogens is 348 g/mol. The van der Waals surface area contributed by atoms with Crippen molar-refractivity contribution < 1.29 is 9.84 Å². The second-order valence-corrected chi connectivity index (χ2v) is 7.56. The van der Waals surface area contributed by atoms with E-state index in [0.717, 1.165) is 54.0 Å². The molecule has 1 saturated heterocycles. The van der Waals surface area contributed by atoms with Crippen molar-refractivity contribution in [3.63, 3.8) is 0 Å². The van der Waals surface area contributed by atoms with Gasteiger partial charge in [0.2, 0.25) is 0 Å². The van der Waals surface area contributed by atoms with Crippen molar-refractivity contribution in [3.8, 4) is 11.5 Å². The predicted molar refractivity (Wildman–Crippen MR) is 104 cm³/mol. The molecule has 1 N–H and O–H groups in total. The van der Waals surface area contributed by atoms with E-state index in [9.17, 15) is 5.11 Å². The summed E-state index contributed by atoms with van der Waals surface area (Å²) in [6.07, 6.45) is 4.10. The second-order valence-electron chi connectivity index (χ2n) is 6.57. The molecule has 3 rings (SSSR count). The summed E-state index contributed by atoms with van der Waals surface area (Å²) in [7, 11) is 3.68. The highest BCUT2D eigenvalue weighted by Gasteiger charge is 2.26. The van der Waals surface area contributed by atoms with Gasteiger partial charge in [-0.3, -0.25) is 4.90 Å². The summed E-state index contributed by atoms with van der Waals surface area (Å²) in [5.41, 5.74) is 0.894. The first-order chi connectivity index (χ1) is 12.6. The first-order valence-electron chi connectivity index (χ1n) is 8.83. The largest absolute Gasteiger partial charge is 0.508 e. The molecule has 0 spiro atoms. The Kier molecular flexibility index (Phi) is 6.21. The summed E-state index contributed by atoms with van der Waals surface area (Å²) in [5, 5.41) is 19.9. The third-order valence-corrected chi connectivity index (χ3v) is 5.77. The molecule has 26 heavy (non-hydrogen) atoms. The molecule has 0 bridgehead atoms. The molecular formula is C19H26N4O2S. The Bertz CT molecular complexity index is 762. The molecule has 1 aliphatic heterocycles. The van der Waals surface area contributed by atoms with Gasteiger partial charge in [-0.25, -0.2) is 0 Å². The zero-order valence-electron chi connectivity index (χ0n) is 15.4. The van der Waals surface area contributed by atoms with Gasteiger partial charge in [0.1, 0.15) is 17.3 Å². The number of ether oxygens (including phenoxy) is 1. The summed E-state index contributed by atoms with van der Waals surface area (Å²) in [5.74, 6) is 3.30. The Balaban J connectivity index is 1.70. The molecule has 0 radical (unpaired) electrons. The Hall–Kier alpha value is -1.99. The number of piperidine rings is 1. The molecule has 1 aromatic carbocycles. The molecule has 0 aliphatic carbocycles. The predicted octanol–water partition coefficient (Wildman–Crippen LogP) is 3.19. The molecule has 1 aliphatic rings. The molecule has 1 fully saturated rings. The Labute approximate surface area is 158 Å². The van der Waals surface area contributed by atoms with Crippen LogP contribution in [0.2, 0.25) is 0 Å². The number of rotatable bonds is 7. The fourth-order valence-corrected chi connectivity index (χ4v) is 4.06. The van der Waals surface area contributed by atoms with Crippen LogP contribution in [0.1, 0.15) is 30.1 Å². The average molecular weight is 375 g/mol. The minimum absolute atomic E-state index is 0.315. The van der Waals surface area contributed by atoms with Crippen LogP contribution in [0, 0.1) is 0 Å². The zero-order valence-corrected chi connectivity index (χ0v) is 16.2. The van der Waals surface area contributed by atoms with Crippen molar-refractivity contribution in [2.75, 3.05) is 26.0 Å². The van der Waals surface area contributed by atoms with Crippen molar-refractivity contribution in [1.82, 2.24) is 19.7 Å². The van der Waals surface area contributed by atoms with Gasteiger partial charge in [0.25, 0.3) is 0 Å². The normalized spacial score (nSPS) is 18.0. The van der Waals surface area contributed by atoms with E-state index < -0.39 is 0 Å². The first kappa shape index (κ1) is 18.8. The number of thioether (sulfide) groups is 1. The van der Waals surface area contributed by atoms with E-state index in [0.29, 0.717) is 18.2 Å². The van der Waals surface area contributed by atoms with E-state index in [-0.39, 0.29) is 0 Å². The van der Waals surface area contributed by atoms with Crippen LogP contribution < -0.4 is 4.74 Å². The van der Waals surface area contributed by atoms with Crippen molar-refractivity contribution in [2.24, 2.45) is 7.05 Å². The zero-order chi connectivity index (χ0) is 18.5. The van der Waals surface area contributed by atoms with Gasteiger partial charge in [0, 0.05) is 37.4 Å². The quantitative estimate of drug-likeness (QED) is 0.593. The highest BCUT2D eigenvalue weighted by atomic mass is 32.2. The third kappa shape index (κ3) is 4.22. The number of phenols is 1. The molecule has 2 aromatic rings. The smallest absolute Gasteiger partial charge is 0.191 e. The Morgan fingerprint density at radius 3 is 3.04 bits per heavy atom. The number of nitrogens with zero attached hydrogens (tertiary/aromatic N) is 4. The van der Waals surface area contributed by atoms with E-state index >= 15 is 0 Å². The molecule has 2 heterocycles. The minimum atomic E-state index is 0.315. The highest BCUT2D eigenvalue weighted by Crippen LogP contribution is 2.30. The summed E-state index contributed by atoms with van der Waals surface area (Å²) < 4.78 is 7.38. The number of phenolic OH excluding ortho intramolecular Hbond substituents is 1. The van der Waals surface area contributed by atoms with Gasteiger partial charge in [0.05, 0.1) is 7.11 Å². The average Bonchev–Trinajstić information content (AvgIpc) is 3.02. The third-order valence-electron chi connectivity index (χ3n) is 4.75. The Morgan fingerprint density at radius 1 is 1.42 bits per heavy atom. The van der Waals surface area contributed by atoms with Crippen molar-refractivity contribution in [1.29, 1.82) is 0 Å². The summed E-state index contributed by atoms with van der Waals surface area (Å²) in [6, 6.07) is 5.38. The molecule has 1 aromatic heterocycles. The fourth-order valence-electron chi connectivity index (χ4n) is 3.41. The number of methoxy groups -OCH3 is 1. The monoisotopic (exact) mass is 374 g/mol. The SMILES string of the molecule is C=CCSc1nnc(C2CCCN(Cc3cc(OC)ccc3O)C2)n1C. The topological polar surface area (TPSA) is 63.4 Å². The van der Waals surface area contributed by atoms with Crippen LogP contribution in [0.25, 0.3) is 0 Å². The minimum Gasteiger partial charge on any atom is -0.508 e. The highest BCUT2D eigenvalue weighted by molar-refractivity contribution is 7.99. The Morgan fingerprint density at radius 2 is 2.27 bits per heavy atom. The maximum Gasteiger partial charge on any atom is 0.191 e. The number of likely N-dealkylation sites (tertiary alicyclic amines) is 1. The lowest BCUT2D eigenvalue weighted by Gasteiger charge is -2.32. The van der Waals surface area contributed by atoms with Crippen molar-refractivity contribution >= 4 is 11.8 Å². The van der Waals surface area contributed by atoms with Crippen LogP contribution in [-0.2, 0) is 13.6 Å². The van der Waals surface area contributed by atoms with Gasteiger partial charge in [-0.15, -0.1) is 16.8 Å². The maximum absolute atomic E-state index is 10.2. The molecule has 1 atom stereocenters. The van der Waals surface area contributed by atoms with E-state index in [1.807, 2.05) is 19.2 Å². The molecule has 0 amide bonds. The summed E-state index contributed by atoms with van der Waals surface area (Å²) in [4.78, 5) is 2.37. The molecule has 0 saturated carbocycles. The van der Waals surface area contributed by atoms with Gasteiger partial charge >= 0.3 is 0 Å². The second kappa shape index (κ2) is 8.60. The van der Waals surface area contributed by atoms with E-state index in [4.69, 9.17) is 4.74 Å². The number of benzene rings is 1. The number of aromatic nitrogens is 3. The van der Waals surface area contributed by atoms with Crippen molar-refractivity contribution in [3.05, 3.63) is 42.2 Å². The van der Waals surface area contributed by atoms with E-state index in [2.05, 4.69) is 26.2 Å². The van der Waals surface area contributed by atoms with Crippen LogP contribution in [0.5, 0.6) is 11.5 Å². The standard InChI is InChI=1S/C19H26N4O2S/c1-4-10-26-19-21-20-18(22(19)2)14-6-5-9-23(12-14)13-15-11-16(25-3)7-8-17(15)24/h4,7-8,11,14,24H,1,5-6,9-10,12-13H2,2-3H3. The van der Waals surface area contributed by atoms with Crippen LogP contribution >= 0.6 is 11.8 Å². The first-order valence-corrected chi connectivity index (χ1v) is 9.82. The molecule has 7 heteroatoms. The number of hydrogen-bond acceptors (Lipinski definition) is 6. The van der Waals surface area contributed by atoms with Crippen LogP contribution in [0.3, 0.4) is 0 Å². The van der Waals surface area contributed by atoms with Gasteiger partial charge in [-0.2, -0.15) is 0 Å².